The normalized spacial score (nSPS) is 45.5. The Morgan fingerprint density at radius 1 is 1.17 bits per heavy atom. The van der Waals surface area contributed by atoms with E-state index in [2.05, 4.69) is 6.92 Å². The van der Waals surface area contributed by atoms with Crippen molar-refractivity contribution < 1.29 is 19.4 Å². The highest BCUT2D eigenvalue weighted by Gasteiger charge is 2.57. The molecule has 0 saturated heterocycles. The Bertz CT molecular complexity index is 566. The third kappa shape index (κ3) is 2.33. The molecule has 0 heterocycles. The lowest BCUT2D eigenvalue weighted by Gasteiger charge is -2.53. The Labute approximate surface area is 137 Å². The second-order valence-electron chi connectivity index (χ2n) is 8.30. The number of hydrogen-bond donors (Lipinski definition) is 1. The van der Waals surface area contributed by atoms with Crippen molar-refractivity contribution in [3.8, 4) is 0 Å². The van der Waals surface area contributed by atoms with Crippen LogP contribution >= 0.6 is 0 Å². The van der Waals surface area contributed by atoms with E-state index in [4.69, 9.17) is 9.84 Å². The van der Waals surface area contributed by atoms with Crippen molar-refractivity contribution in [1.29, 1.82) is 0 Å². The van der Waals surface area contributed by atoms with Crippen LogP contribution in [0.25, 0.3) is 0 Å². The van der Waals surface area contributed by atoms with Crippen LogP contribution in [0.3, 0.4) is 0 Å². The van der Waals surface area contributed by atoms with Crippen molar-refractivity contribution in [2.24, 2.45) is 29.1 Å². The molecule has 0 aromatic rings. The highest BCUT2D eigenvalue weighted by molar-refractivity contribution is 5.91. The summed E-state index contributed by atoms with van der Waals surface area (Å²) in [6.07, 6.45) is 8.85. The molecule has 3 fully saturated rings. The van der Waals surface area contributed by atoms with Gasteiger partial charge in [0.15, 0.2) is 5.78 Å². The molecule has 0 unspecified atom stereocenters. The largest absolute Gasteiger partial charge is 0.506 e. The average Bonchev–Trinajstić information content (AvgIpc) is 2.83. The standard InChI is InChI=1S/C19H26O4/c1-19-9-8-14-13-5-3-12(20)10-11(13)2-4-15(14)16(19)6-7-17(19)23-18(21)22/h10,13-17H,2-9H2,1H3,(H,21,22)/t13-,14+,15+,16-,17-,19-/m0/s1. The monoisotopic (exact) mass is 318 g/mol. The van der Waals surface area contributed by atoms with Crippen molar-refractivity contribution >= 4 is 11.9 Å². The number of allylic oxidation sites excluding steroid dienone is 1. The zero-order chi connectivity index (χ0) is 16.2. The molecular formula is C19H26O4. The van der Waals surface area contributed by atoms with E-state index in [1.54, 1.807) is 0 Å². The fourth-order valence-electron chi connectivity index (χ4n) is 6.45. The fourth-order valence-corrected chi connectivity index (χ4v) is 6.45. The number of rotatable bonds is 1. The molecule has 126 valence electrons. The number of ketones is 1. The van der Waals surface area contributed by atoms with E-state index in [1.165, 1.54) is 12.0 Å². The molecular weight excluding hydrogens is 292 g/mol. The average molecular weight is 318 g/mol. The number of ether oxygens (including phenoxy) is 1. The first-order valence-corrected chi connectivity index (χ1v) is 9.12. The lowest BCUT2D eigenvalue weighted by Crippen LogP contribution is -2.48. The quantitative estimate of drug-likeness (QED) is 0.736. The smallest absolute Gasteiger partial charge is 0.450 e. The van der Waals surface area contributed by atoms with Crippen LogP contribution in [0, 0.1) is 29.1 Å². The highest BCUT2D eigenvalue weighted by atomic mass is 16.7. The van der Waals surface area contributed by atoms with Crippen molar-refractivity contribution in [3.63, 3.8) is 0 Å². The van der Waals surface area contributed by atoms with Crippen LogP contribution in [0.15, 0.2) is 11.6 Å². The summed E-state index contributed by atoms with van der Waals surface area (Å²) in [5, 5.41) is 9.03. The Hall–Kier alpha value is -1.32. The van der Waals surface area contributed by atoms with Gasteiger partial charge in [-0.3, -0.25) is 4.79 Å². The van der Waals surface area contributed by atoms with Gasteiger partial charge in [-0.05, 0) is 74.7 Å². The second-order valence-corrected chi connectivity index (χ2v) is 8.30. The Morgan fingerprint density at radius 3 is 2.78 bits per heavy atom. The van der Waals surface area contributed by atoms with Gasteiger partial charge in [-0.25, -0.2) is 4.79 Å². The Kier molecular flexibility index (Phi) is 3.54. The van der Waals surface area contributed by atoms with Gasteiger partial charge >= 0.3 is 6.16 Å². The predicted octanol–water partition coefficient (Wildman–Crippen LogP) is 4.19. The van der Waals surface area contributed by atoms with Crippen LogP contribution in [0.5, 0.6) is 0 Å². The fraction of sp³-hybridized carbons (Fsp3) is 0.789. The molecule has 6 atom stereocenters. The summed E-state index contributed by atoms with van der Waals surface area (Å²) in [7, 11) is 0. The molecule has 4 aliphatic rings. The molecule has 4 rings (SSSR count). The van der Waals surface area contributed by atoms with Gasteiger partial charge in [0.05, 0.1) is 0 Å². The lowest BCUT2D eigenvalue weighted by molar-refractivity contribution is -0.116. The SMILES string of the molecule is C[C@]12CC[C@H]3[C@@H](CCC4=CC(=O)CC[C@@H]43)[C@@H]1CC[C@@H]2OC(=O)O. The molecule has 4 nitrogen and oxygen atoms in total. The van der Waals surface area contributed by atoms with Gasteiger partial charge in [-0.1, -0.05) is 12.5 Å². The van der Waals surface area contributed by atoms with E-state index in [-0.39, 0.29) is 11.5 Å². The van der Waals surface area contributed by atoms with E-state index >= 15 is 0 Å². The van der Waals surface area contributed by atoms with Gasteiger partial charge in [-0.2, -0.15) is 0 Å². The minimum absolute atomic E-state index is 0.0191. The molecule has 4 aliphatic carbocycles. The van der Waals surface area contributed by atoms with Gasteiger partial charge in [0.25, 0.3) is 0 Å². The van der Waals surface area contributed by atoms with E-state index in [9.17, 15) is 9.59 Å². The lowest BCUT2D eigenvalue weighted by atomic mass is 9.52. The summed E-state index contributed by atoms with van der Waals surface area (Å²) in [6.45, 7) is 2.25. The van der Waals surface area contributed by atoms with E-state index in [0.29, 0.717) is 35.9 Å². The summed E-state index contributed by atoms with van der Waals surface area (Å²) in [4.78, 5) is 22.7. The topological polar surface area (TPSA) is 63.6 Å². The molecule has 0 bridgehead atoms. The first-order chi connectivity index (χ1) is 11.0. The van der Waals surface area contributed by atoms with Crippen LogP contribution in [0.4, 0.5) is 4.79 Å². The molecule has 0 aromatic carbocycles. The Balaban J connectivity index is 1.57. The number of carbonyl (C=O) groups is 2. The molecule has 23 heavy (non-hydrogen) atoms. The minimum atomic E-state index is -1.13. The van der Waals surface area contributed by atoms with Crippen LogP contribution in [-0.4, -0.2) is 23.1 Å². The summed E-state index contributed by atoms with van der Waals surface area (Å²) in [5.41, 5.74) is 1.42. The van der Waals surface area contributed by atoms with Crippen molar-refractivity contribution in [2.75, 3.05) is 0 Å². The summed E-state index contributed by atoms with van der Waals surface area (Å²) in [5.74, 6) is 2.89. The first-order valence-electron chi connectivity index (χ1n) is 9.12. The predicted molar refractivity (Wildman–Crippen MR) is 85.0 cm³/mol. The maximum atomic E-state index is 11.7. The molecule has 1 N–H and O–H groups in total. The second kappa shape index (κ2) is 5.35. The van der Waals surface area contributed by atoms with Crippen molar-refractivity contribution in [2.45, 2.75) is 64.4 Å². The highest BCUT2D eigenvalue weighted by Crippen LogP contribution is 2.62. The van der Waals surface area contributed by atoms with E-state index < -0.39 is 6.16 Å². The number of carboxylic acid groups (broad SMARTS) is 1. The van der Waals surface area contributed by atoms with Gasteiger partial charge < -0.3 is 9.84 Å². The summed E-state index contributed by atoms with van der Waals surface area (Å²) >= 11 is 0. The molecule has 4 heteroatoms. The number of carbonyl (C=O) groups excluding carboxylic acids is 1. The van der Waals surface area contributed by atoms with Crippen molar-refractivity contribution in [1.82, 2.24) is 0 Å². The van der Waals surface area contributed by atoms with Crippen LogP contribution < -0.4 is 0 Å². The van der Waals surface area contributed by atoms with E-state index in [0.717, 1.165) is 38.5 Å². The first kappa shape index (κ1) is 15.2. The van der Waals surface area contributed by atoms with Gasteiger partial charge in [-0.15, -0.1) is 0 Å². The third-order valence-electron chi connectivity index (χ3n) is 7.46. The molecule has 0 aliphatic heterocycles. The zero-order valence-corrected chi connectivity index (χ0v) is 13.8. The van der Waals surface area contributed by atoms with Crippen LogP contribution in [-0.2, 0) is 9.53 Å². The molecule has 0 aromatic heterocycles. The molecule has 0 spiro atoms. The van der Waals surface area contributed by atoms with Gasteiger partial charge in [0, 0.05) is 11.8 Å². The number of fused-ring (bicyclic) bond motifs is 5. The number of hydrogen-bond acceptors (Lipinski definition) is 3. The van der Waals surface area contributed by atoms with E-state index in [1.807, 2.05) is 6.08 Å². The maximum absolute atomic E-state index is 11.7. The molecule has 0 amide bonds. The molecule has 3 saturated carbocycles. The summed E-state index contributed by atoms with van der Waals surface area (Å²) in [6, 6.07) is 0. The Morgan fingerprint density at radius 2 is 2.00 bits per heavy atom. The van der Waals surface area contributed by atoms with Crippen LogP contribution in [0.1, 0.15) is 58.3 Å². The third-order valence-corrected chi connectivity index (χ3v) is 7.46. The summed E-state index contributed by atoms with van der Waals surface area (Å²) < 4.78 is 5.24. The van der Waals surface area contributed by atoms with Gasteiger partial charge in [0.1, 0.15) is 6.10 Å². The van der Waals surface area contributed by atoms with Crippen molar-refractivity contribution in [3.05, 3.63) is 11.6 Å². The molecule has 0 radical (unpaired) electrons. The zero-order valence-electron chi connectivity index (χ0n) is 13.8. The minimum Gasteiger partial charge on any atom is -0.450 e. The maximum Gasteiger partial charge on any atom is 0.506 e. The van der Waals surface area contributed by atoms with Gasteiger partial charge in [0.2, 0.25) is 0 Å². The van der Waals surface area contributed by atoms with Crippen LogP contribution in [0.2, 0.25) is 0 Å².